The van der Waals surface area contributed by atoms with Gasteiger partial charge in [0.05, 0.1) is 13.2 Å². The molecule has 0 aromatic carbocycles. The average molecular weight is 801 g/mol. The lowest BCUT2D eigenvalue weighted by atomic mass is 9.99. The Balaban J connectivity index is 2.28. The minimum absolute atomic E-state index is 0.209. The fourth-order valence-electron chi connectivity index (χ4n) is 7.48. The van der Waals surface area contributed by atoms with Crippen molar-refractivity contribution in [2.24, 2.45) is 0 Å². The molecule has 332 valence electrons. The van der Waals surface area contributed by atoms with E-state index in [4.69, 9.17) is 18.9 Å². The molecule has 2 unspecified atom stereocenters. The number of carbonyl (C=O) groups is 2. The number of aliphatic hydroxyl groups is 4. The summed E-state index contributed by atoms with van der Waals surface area (Å²) in [5.41, 5.74) is 0. The maximum absolute atomic E-state index is 12.8. The second-order valence-electron chi connectivity index (χ2n) is 16.6. The van der Waals surface area contributed by atoms with Crippen LogP contribution in [-0.2, 0) is 28.5 Å². The summed E-state index contributed by atoms with van der Waals surface area (Å²) in [6.45, 7) is 3.46. The molecule has 0 saturated carbocycles. The Kier molecular flexibility index (Phi) is 35.7. The molecule has 4 N–H and O–H groups in total. The summed E-state index contributed by atoms with van der Waals surface area (Å²) in [4.78, 5) is 25.3. The molecule has 6 atom stereocenters. The molecule has 1 aliphatic rings. The Morgan fingerprint density at radius 3 is 1.21 bits per heavy atom. The Hall–Kier alpha value is -1.30. The summed E-state index contributed by atoms with van der Waals surface area (Å²) in [6, 6.07) is 0. The minimum atomic E-state index is -1.59. The third-order valence-corrected chi connectivity index (χ3v) is 11.2. The lowest BCUT2D eigenvalue weighted by Crippen LogP contribution is -2.59. The van der Waals surface area contributed by atoms with Gasteiger partial charge in [-0.25, -0.2) is 0 Å². The fourth-order valence-corrected chi connectivity index (χ4v) is 7.48. The Labute approximate surface area is 342 Å². The molecule has 0 radical (unpaired) electrons. The predicted octanol–water partition coefficient (Wildman–Crippen LogP) is 10.2. The number of carbonyl (C=O) groups excluding carboxylic acids is 2. The van der Waals surface area contributed by atoms with E-state index < -0.39 is 49.4 Å². The van der Waals surface area contributed by atoms with Crippen molar-refractivity contribution in [3.05, 3.63) is 0 Å². The Bertz CT molecular complexity index is 886. The number of hydrogen-bond donors (Lipinski definition) is 4. The number of aliphatic hydroxyl groups excluding tert-OH is 4. The van der Waals surface area contributed by atoms with Crippen molar-refractivity contribution in [2.75, 3.05) is 19.8 Å². The standard InChI is InChI=1S/C46H88O10/c1-3-5-7-9-11-13-15-17-19-20-21-23-24-26-28-30-32-34-41(48)53-37-39(38-54-46-45(52)44(51)43(50)40(36-47)56-46)55-42(49)35-33-31-29-27-25-22-18-16-14-12-10-8-6-4-2/h39-40,43-47,50-52H,3-38H2,1-2H3/t39-,40-,43+,44?,45?,46-/m0/s1. The quantitative estimate of drug-likeness (QED) is 0.0348. The van der Waals surface area contributed by atoms with Crippen LogP contribution in [0.4, 0.5) is 0 Å². The number of hydrogen-bond acceptors (Lipinski definition) is 10. The molecule has 1 saturated heterocycles. The number of ether oxygens (including phenoxy) is 4. The Morgan fingerprint density at radius 1 is 0.482 bits per heavy atom. The van der Waals surface area contributed by atoms with Crippen molar-refractivity contribution < 1.29 is 49.0 Å². The molecule has 1 fully saturated rings. The average Bonchev–Trinajstić information content (AvgIpc) is 3.19. The first-order valence-electron chi connectivity index (χ1n) is 23.6. The third-order valence-electron chi connectivity index (χ3n) is 11.2. The van der Waals surface area contributed by atoms with E-state index in [0.29, 0.717) is 6.42 Å². The molecule has 1 heterocycles. The number of rotatable bonds is 40. The van der Waals surface area contributed by atoms with E-state index in [0.717, 1.165) is 38.5 Å². The normalized spacial score (nSPS) is 20.3. The highest BCUT2D eigenvalue weighted by Crippen LogP contribution is 2.23. The van der Waals surface area contributed by atoms with Crippen LogP contribution in [0.5, 0.6) is 0 Å². The monoisotopic (exact) mass is 801 g/mol. The van der Waals surface area contributed by atoms with Gasteiger partial charge in [0.25, 0.3) is 0 Å². The first-order valence-corrected chi connectivity index (χ1v) is 23.6. The SMILES string of the molecule is CCCCCCCCCCCCCCCCCCCC(=O)OC[C@@H](CO[C@H]1O[C@@H](CO)[C@@H](O)C(O)C1O)OC(=O)CCCCCCCCCCCCCCCC. The van der Waals surface area contributed by atoms with Gasteiger partial charge in [0.1, 0.15) is 31.0 Å². The molecule has 10 heteroatoms. The molecule has 0 aromatic rings. The second kappa shape index (κ2) is 37.9. The van der Waals surface area contributed by atoms with E-state index in [1.165, 1.54) is 154 Å². The van der Waals surface area contributed by atoms with E-state index in [9.17, 15) is 30.0 Å². The van der Waals surface area contributed by atoms with Crippen LogP contribution in [0.1, 0.15) is 226 Å². The molecule has 0 bridgehead atoms. The maximum atomic E-state index is 12.8. The van der Waals surface area contributed by atoms with Crippen molar-refractivity contribution in [3.8, 4) is 0 Å². The molecule has 0 amide bonds. The molecule has 1 aliphatic heterocycles. The lowest BCUT2D eigenvalue weighted by Gasteiger charge is -2.39. The van der Waals surface area contributed by atoms with E-state index in [-0.39, 0.29) is 32.0 Å². The highest BCUT2D eigenvalue weighted by atomic mass is 16.7. The minimum Gasteiger partial charge on any atom is -0.462 e. The van der Waals surface area contributed by atoms with Crippen molar-refractivity contribution >= 4 is 11.9 Å². The van der Waals surface area contributed by atoms with Crippen LogP contribution in [0.2, 0.25) is 0 Å². The first-order chi connectivity index (χ1) is 27.3. The number of unbranched alkanes of at least 4 members (excludes halogenated alkanes) is 29. The topological polar surface area (TPSA) is 152 Å². The van der Waals surface area contributed by atoms with Crippen LogP contribution in [0.3, 0.4) is 0 Å². The van der Waals surface area contributed by atoms with Gasteiger partial charge in [-0.1, -0.05) is 200 Å². The molecule has 10 nitrogen and oxygen atoms in total. The van der Waals surface area contributed by atoms with Crippen molar-refractivity contribution in [3.63, 3.8) is 0 Å². The van der Waals surface area contributed by atoms with Gasteiger partial charge in [-0.2, -0.15) is 0 Å². The van der Waals surface area contributed by atoms with Gasteiger partial charge in [0, 0.05) is 12.8 Å². The summed E-state index contributed by atoms with van der Waals surface area (Å²) in [6.07, 6.45) is 31.0. The van der Waals surface area contributed by atoms with Crippen molar-refractivity contribution in [2.45, 2.75) is 263 Å². The zero-order chi connectivity index (χ0) is 40.9. The summed E-state index contributed by atoms with van der Waals surface area (Å²) >= 11 is 0. The summed E-state index contributed by atoms with van der Waals surface area (Å²) in [5.74, 6) is -0.789. The van der Waals surface area contributed by atoms with E-state index in [1.54, 1.807) is 0 Å². The summed E-state index contributed by atoms with van der Waals surface area (Å²) in [7, 11) is 0. The second-order valence-corrected chi connectivity index (χ2v) is 16.6. The zero-order valence-corrected chi connectivity index (χ0v) is 36.2. The van der Waals surface area contributed by atoms with Crippen LogP contribution >= 0.6 is 0 Å². The van der Waals surface area contributed by atoms with Gasteiger partial charge in [-0.15, -0.1) is 0 Å². The van der Waals surface area contributed by atoms with E-state index in [1.807, 2.05) is 0 Å². The van der Waals surface area contributed by atoms with Crippen molar-refractivity contribution in [1.29, 1.82) is 0 Å². The maximum Gasteiger partial charge on any atom is 0.306 e. The highest BCUT2D eigenvalue weighted by molar-refractivity contribution is 5.70. The lowest BCUT2D eigenvalue weighted by molar-refractivity contribution is -0.305. The molecule has 1 rings (SSSR count). The van der Waals surface area contributed by atoms with Gasteiger partial charge in [0.2, 0.25) is 0 Å². The largest absolute Gasteiger partial charge is 0.462 e. The van der Waals surface area contributed by atoms with Gasteiger partial charge in [-0.3, -0.25) is 9.59 Å². The van der Waals surface area contributed by atoms with Gasteiger partial charge in [0.15, 0.2) is 12.4 Å². The van der Waals surface area contributed by atoms with E-state index >= 15 is 0 Å². The molecular formula is C46H88O10. The van der Waals surface area contributed by atoms with Gasteiger partial charge >= 0.3 is 11.9 Å². The third kappa shape index (κ3) is 29.0. The predicted molar refractivity (Wildman–Crippen MR) is 224 cm³/mol. The van der Waals surface area contributed by atoms with Crippen LogP contribution in [0.15, 0.2) is 0 Å². The van der Waals surface area contributed by atoms with Crippen molar-refractivity contribution in [1.82, 2.24) is 0 Å². The number of esters is 2. The van der Waals surface area contributed by atoms with Crippen LogP contribution in [-0.4, -0.2) is 89.0 Å². The first kappa shape index (κ1) is 52.7. The smallest absolute Gasteiger partial charge is 0.306 e. The molecule has 56 heavy (non-hydrogen) atoms. The fraction of sp³-hybridized carbons (Fsp3) is 0.957. The summed E-state index contributed by atoms with van der Waals surface area (Å²) in [5, 5.41) is 40.1. The molecule has 0 spiro atoms. The summed E-state index contributed by atoms with van der Waals surface area (Å²) < 4.78 is 22.2. The van der Waals surface area contributed by atoms with Gasteiger partial charge < -0.3 is 39.4 Å². The molecule has 0 aromatic heterocycles. The van der Waals surface area contributed by atoms with Crippen LogP contribution in [0.25, 0.3) is 0 Å². The van der Waals surface area contributed by atoms with E-state index in [2.05, 4.69) is 13.8 Å². The Morgan fingerprint density at radius 2 is 0.839 bits per heavy atom. The highest BCUT2D eigenvalue weighted by Gasteiger charge is 2.44. The van der Waals surface area contributed by atoms with Crippen LogP contribution in [0, 0.1) is 0 Å². The molecule has 0 aliphatic carbocycles. The van der Waals surface area contributed by atoms with Crippen LogP contribution < -0.4 is 0 Å². The van der Waals surface area contributed by atoms with Gasteiger partial charge in [-0.05, 0) is 12.8 Å². The molecular weight excluding hydrogens is 712 g/mol. The zero-order valence-electron chi connectivity index (χ0n) is 36.2.